The van der Waals surface area contributed by atoms with E-state index in [1.807, 2.05) is 0 Å². The summed E-state index contributed by atoms with van der Waals surface area (Å²) in [6, 6.07) is 1.23. The van der Waals surface area contributed by atoms with Crippen molar-refractivity contribution >= 4 is 0 Å². The van der Waals surface area contributed by atoms with Crippen LogP contribution in [-0.4, -0.2) is 36.9 Å². The highest BCUT2D eigenvalue weighted by molar-refractivity contribution is 4.79. The highest BCUT2D eigenvalue weighted by Crippen LogP contribution is 2.07. The summed E-state index contributed by atoms with van der Waals surface area (Å²) >= 11 is 0. The molecule has 1 fully saturated rings. The second kappa shape index (κ2) is 4.70. The van der Waals surface area contributed by atoms with Crippen LogP contribution in [0.25, 0.3) is 0 Å². The van der Waals surface area contributed by atoms with Crippen LogP contribution < -0.4 is 10.6 Å². The van der Waals surface area contributed by atoms with E-state index in [1.54, 1.807) is 0 Å². The lowest BCUT2D eigenvalue weighted by molar-refractivity contribution is 0.264. The van der Waals surface area contributed by atoms with Crippen molar-refractivity contribution in [2.24, 2.45) is 0 Å². The van der Waals surface area contributed by atoms with Crippen LogP contribution in [0.3, 0.4) is 0 Å². The van der Waals surface area contributed by atoms with E-state index in [9.17, 15) is 0 Å². The normalized spacial score (nSPS) is 32.2. The third kappa shape index (κ3) is 3.18. The first-order chi connectivity index (χ1) is 5.33. The van der Waals surface area contributed by atoms with Gasteiger partial charge in [-0.15, -0.1) is 0 Å². The molecule has 0 aliphatic carbocycles. The molecule has 3 N–H and O–H groups in total. The molecule has 0 amide bonds. The van der Waals surface area contributed by atoms with Gasteiger partial charge in [-0.1, -0.05) is 0 Å². The molecule has 0 aromatic carbocycles. The van der Waals surface area contributed by atoms with Crippen LogP contribution in [-0.2, 0) is 0 Å². The standard InChI is InChI=1S/C8H18N2O/c1-7-6-8(2-3-9-7)10-4-5-11/h7-11H,2-6H2,1H3. The summed E-state index contributed by atoms with van der Waals surface area (Å²) in [6.07, 6.45) is 2.37. The molecule has 66 valence electrons. The Bertz CT molecular complexity index is 108. The molecule has 1 rings (SSSR count). The quantitative estimate of drug-likeness (QED) is 0.529. The van der Waals surface area contributed by atoms with Gasteiger partial charge in [0.25, 0.3) is 0 Å². The van der Waals surface area contributed by atoms with Crippen molar-refractivity contribution in [2.75, 3.05) is 19.7 Å². The monoisotopic (exact) mass is 158 g/mol. The SMILES string of the molecule is CC1CC(NCCO)CCN1. The number of hydrogen-bond donors (Lipinski definition) is 3. The van der Waals surface area contributed by atoms with Crippen LogP contribution in [0.15, 0.2) is 0 Å². The molecule has 3 nitrogen and oxygen atoms in total. The lowest BCUT2D eigenvalue weighted by atomic mass is 10.0. The van der Waals surface area contributed by atoms with Crippen LogP contribution >= 0.6 is 0 Å². The predicted molar refractivity (Wildman–Crippen MR) is 45.6 cm³/mol. The molecule has 2 unspecified atom stereocenters. The number of rotatable bonds is 3. The Kier molecular flexibility index (Phi) is 3.83. The third-order valence-corrected chi connectivity index (χ3v) is 2.17. The van der Waals surface area contributed by atoms with Crippen LogP contribution in [0.1, 0.15) is 19.8 Å². The number of hydrogen-bond acceptors (Lipinski definition) is 3. The maximum atomic E-state index is 8.58. The average Bonchev–Trinajstić information content (AvgIpc) is 2.01. The Labute approximate surface area is 68.2 Å². The second-order valence-corrected chi connectivity index (χ2v) is 3.25. The Morgan fingerprint density at radius 3 is 3.09 bits per heavy atom. The lowest BCUT2D eigenvalue weighted by Crippen LogP contribution is -2.45. The number of nitrogens with one attached hydrogen (secondary N) is 2. The second-order valence-electron chi connectivity index (χ2n) is 3.25. The van der Waals surface area contributed by atoms with Gasteiger partial charge in [0.2, 0.25) is 0 Å². The molecule has 0 aromatic heterocycles. The number of aliphatic hydroxyl groups is 1. The Morgan fingerprint density at radius 1 is 1.64 bits per heavy atom. The first-order valence-corrected chi connectivity index (χ1v) is 4.40. The summed E-state index contributed by atoms with van der Waals surface area (Å²) in [6.45, 7) is 4.28. The molecule has 0 radical (unpaired) electrons. The van der Waals surface area contributed by atoms with Crippen molar-refractivity contribution < 1.29 is 5.11 Å². The number of piperidine rings is 1. The zero-order chi connectivity index (χ0) is 8.10. The minimum absolute atomic E-state index is 0.248. The van der Waals surface area contributed by atoms with Crippen molar-refractivity contribution in [2.45, 2.75) is 31.8 Å². The van der Waals surface area contributed by atoms with Gasteiger partial charge < -0.3 is 15.7 Å². The van der Waals surface area contributed by atoms with E-state index in [4.69, 9.17) is 5.11 Å². The van der Waals surface area contributed by atoms with Gasteiger partial charge in [-0.05, 0) is 26.3 Å². The molecular formula is C8H18N2O. The molecule has 0 bridgehead atoms. The van der Waals surface area contributed by atoms with Gasteiger partial charge in [0.1, 0.15) is 0 Å². The van der Waals surface area contributed by atoms with Crippen molar-refractivity contribution in [3.8, 4) is 0 Å². The maximum absolute atomic E-state index is 8.58. The van der Waals surface area contributed by atoms with E-state index in [0.717, 1.165) is 13.1 Å². The predicted octanol–water partition coefficient (Wildman–Crippen LogP) is -0.291. The summed E-state index contributed by atoms with van der Waals surface area (Å²) in [4.78, 5) is 0. The zero-order valence-corrected chi connectivity index (χ0v) is 7.14. The van der Waals surface area contributed by atoms with Gasteiger partial charge >= 0.3 is 0 Å². The summed E-state index contributed by atoms with van der Waals surface area (Å²) < 4.78 is 0. The average molecular weight is 158 g/mol. The molecule has 1 aliphatic heterocycles. The maximum Gasteiger partial charge on any atom is 0.0556 e. The smallest absolute Gasteiger partial charge is 0.0556 e. The Balaban J connectivity index is 2.12. The largest absolute Gasteiger partial charge is 0.395 e. The summed E-state index contributed by atoms with van der Waals surface area (Å²) in [7, 11) is 0. The van der Waals surface area contributed by atoms with Crippen molar-refractivity contribution in [3.63, 3.8) is 0 Å². The first-order valence-electron chi connectivity index (χ1n) is 4.40. The van der Waals surface area contributed by atoms with Gasteiger partial charge in [-0.2, -0.15) is 0 Å². The van der Waals surface area contributed by atoms with E-state index in [2.05, 4.69) is 17.6 Å². The zero-order valence-electron chi connectivity index (χ0n) is 7.14. The fourth-order valence-corrected chi connectivity index (χ4v) is 1.59. The fraction of sp³-hybridized carbons (Fsp3) is 1.00. The first kappa shape index (κ1) is 8.97. The van der Waals surface area contributed by atoms with Gasteiger partial charge in [0.05, 0.1) is 6.61 Å². The van der Waals surface area contributed by atoms with Crippen LogP contribution in [0, 0.1) is 0 Å². The molecule has 0 aromatic rings. The molecule has 3 heteroatoms. The molecule has 0 spiro atoms. The molecule has 0 saturated carbocycles. The molecule has 2 atom stereocenters. The lowest BCUT2D eigenvalue weighted by Gasteiger charge is -2.28. The summed E-state index contributed by atoms with van der Waals surface area (Å²) in [5.74, 6) is 0. The molecule has 1 aliphatic rings. The Hall–Kier alpha value is -0.120. The van der Waals surface area contributed by atoms with Gasteiger partial charge in [-0.25, -0.2) is 0 Å². The van der Waals surface area contributed by atoms with E-state index in [0.29, 0.717) is 12.1 Å². The van der Waals surface area contributed by atoms with Crippen molar-refractivity contribution in [1.29, 1.82) is 0 Å². The van der Waals surface area contributed by atoms with E-state index < -0.39 is 0 Å². The van der Waals surface area contributed by atoms with Crippen molar-refractivity contribution in [1.82, 2.24) is 10.6 Å². The van der Waals surface area contributed by atoms with E-state index in [1.165, 1.54) is 12.8 Å². The van der Waals surface area contributed by atoms with Gasteiger partial charge in [0, 0.05) is 18.6 Å². The fourth-order valence-electron chi connectivity index (χ4n) is 1.59. The summed E-state index contributed by atoms with van der Waals surface area (Å²) in [5, 5.41) is 15.3. The van der Waals surface area contributed by atoms with Crippen LogP contribution in [0.4, 0.5) is 0 Å². The van der Waals surface area contributed by atoms with Crippen LogP contribution in [0.5, 0.6) is 0 Å². The number of aliphatic hydroxyl groups excluding tert-OH is 1. The highest BCUT2D eigenvalue weighted by Gasteiger charge is 2.16. The highest BCUT2D eigenvalue weighted by atomic mass is 16.3. The molecule has 11 heavy (non-hydrogen) atoms. The van der Waals surface area contributed by atoms with Gasteiger partial charge in [0.15, 0.2) is 0 Å². The van der Waals surface area contributed by atoms with E-state index >= 15 is 0 Å². The minimum atomic E-state index is 0.248. The molecule has 1 heterocycles. The molecule has 1 saturated heterocycles. The molecular weight excluding hydrogens is 140 g/mol. The van der Waals surface area contributed by atoms with Crippen LogP contribution in [0.2, 0.25) is 0 Å². The third-order valence-electron chi connectivity index (χ3n) is 2.17. The van der Waals surface area contributed by atoms with E-state index in [-0.39, 0.29) is 6.61 Å². The van der Waals surface area contributed by atoms with Gasteiger partial charge in [-0.3, -0.25) is 0 Å². The summed E-state index contributed by atoms with van der Waals surface area (Å²) in [5.41, 5.74) is 0. The topological polar surface area (TPSA) is 44.3 Å². The van der Waals surface area contributed by atoms with Crippen molar-refractivity contribution in [3.05, 3.63) is 0 Å². The Morgan fingerprint density at radius 2 is 2.45 bits per heavy atom. The minimum Gasteiger partial charge on any atom is -0.395 e.